The highest BCUT2D eigenvalue weighted by atomic mass is 32.2. The summed E-state index contributed by atoms with van der Waals surface area (Å²) < 4.78 is 33.1. The van der Waals surface area contributed by atoms with E-state index in [0.717, 1.165) is 24.0 Å². The Bertz CT molecular complexity index is 1010. The topological polar surface area (TPSA) is 66.9 Å². The van der Waals surface area contributed by atoms with Crippen LogP contribution in [0.5, 0.6) is 5.75 Å². The molecule has 0 spiro atoms. The number of piperidine rings is 1. The van der Waals surface area contributed by atoms with E-state index in [9.17, 15) is 13.2 Å². The van der Waals surface area contributed by atoms with E-state index in [2.05, 4.69) is 6.92 Å². The number of ether oxygens (including phenoxy) is 1. The maximum Gasteiger partial charge on any atom is 0.254 e. The monoisotopic (exact) mass is 430 g/mol. The Hall–Kier alpha value is -2.38. The van der Waals surface area contributed by atoms with Crippen molar-refractivity contribution in [3.8, 4) is 5.75 Å². The molecule has 0 aliphatic carbocycles. The van der Waals surface area contributed by atoms with Crippen molar-refractivity contribution in [2.75, 3.05) is 27.2 Å². The molecule has 0 N–H and O–H groups in total. The maximum absolute atomic E-state index is 13.1. The molecule has 0 radical (unpaired) electrons. The van der Waals surface area contributed by atoms with Crippen LogP contribution < -0.4 is 4.74 Å². The number of hydrogen-bond donors (Lipinski definition) is 0. The molecule has 6 nitrogen and oxygen atoms in total. The summed E-state index contributed by atoms with van der Waals surface area (Å²) in [5.74, 6) is 1.03. The number of para-hydroxylation sites is 1. The number of hydrogen-bond acceptors (Lipinski definition) is 4. The molecule has 1 heterocycles. The fourth-order valence-corrected chi connectivity index (χ4v) is 5.23. The van der Waals surface area contributed by atoms with Gasteiger partial charge in [-0.2, -0.15) is 4.31 Å². The van der Waals surface area contributed by atoms with Gasteiger partial charge in [-0.3, -0.25) is 4.79 Å². The summed E-state index contributed by atoms with van der Waals surface area (Å²) in [6.45, 7) is 5.37. The molecular weight excluding hydrogens is 400 g/mol. The number of benzene rings is 2. The second-order valence-electron chi connectivity index (χ2n) is 8.04. The van der Waals surface area contributed by atoms with Crippen LogP contribution in [0.2, 0.25) is 0 Å². The average molecular weight is 431 g/mol. The first kappa shape index (κ1) is 22.3. The SMILES string of the molecule is COc1ccccc1CN(C)C(=O)c1cc(S(=O)(=O)N2CCC(C)CC2)ccc1C. The fourth-order valence-electron chi connectivity index (χ4n) is 3.73. The summed E-state index contributed by atoms with van der Waals surface area (Å²) in [4.78, 5) is 14.9. The van der Waals surface area contributed by atoms with Crippen LogP contribution in [0.3, 0.4) is 0 Å². The largest absolute Gasteiger partial charge is 0.496 e. The highest BCUT2D eigenvalue weighted by Gasteiger charge is 2.29. The van der Waals surface area contributed by atoms with Gasteiger partial charge in [0.25, 0.3) is 5.91 Å². The lowest BCUT2D eigenvalue weighted by Gasteiger charge is -2.29. The zero-order valence-electron chi connectivity index (χ0n) is 18.1. The van der Waals surface area contributed by atoms with E-state index in [0.29, 0.717) is 36.9 Å². The summed E-state index contributed by atoms with van der Waals surface area (Å²) in [5, 5.41) is 0. The number of methoxy groups -OCH3 is 1. The first-order valence-electron chi connectivity index (χ1n) is 10.2. The minimum atomic E-state index is -3.61. The molecule has 0 atom stereocenters. The van der Waals surface area contributed by atoms with Gasteiger partial charge in [0.15, 0.2) is 0 Å². The second-order valence-corrected chi connectivity index (χ2v) is 9.97. The Labute approximate surface area is 179 Å². The van der Waals surface area contributed by atoms with Crippen LogP contribution in [0.1, 0.15) is 41.3 Å². The van der Waals surface area contributed by atoms with E-state index in [1.165, 1.54) is 10.4 Å². The number of aryl methyl sites for hydroxylation is 1. The first-order valence-corrected chi connectivity index (χ1v) is 11.7. The third-order valence-corrected chi connectivity index (χ3v) is 7.66. The molecule has 1 aliphatic rings. The van der Waals surface area contributed by atoms with Crippen molar-refractivity contribution in [1.82, 2.24) is 9.21 Å². The predicted molar refractivity (Wildman–Crippen MR) is 117 cm³/mol. The molecule has 2 aromatic carbocycles. The third-order valence-electron chi connectivity index (χ3n) is 5.77. The molecule has 1 fully saturated rings. The van der Waals surface area contributed by atoms with Gasteiger partial charge >= 0.3 is 0 Å². The molecule has 162 valence electrons. The highest BCUT2D eigenvalue weighted by molar-refractivity contribution is 7.89. The summed E-state index contributed by atoms with van der Waals surface area (Å²) in [6, 6.07) is 12.4. The van der Waals surface area contributed by atoms with Crippen molar-refractivity contribution in [3.63, 3.8) is 0 Å². The van der Waals surface area contributed by atoms with E-state index in [4.69, 9.17) is 4.74 Å². The van der Waals surface area contributed by atoms with Crippen molar-refractivity contribution in [2.45, 2.75) is 38.1 Å². The fraction of sp³-hybridized carbons (Fsp3) is 0.435. The maximum atomic E-state index is 13.1. The van der Waals surface area contributed by atoms with Gasteiger partial charge in [-0.1, -0.05) is 31.2 Å². The van der Waals surface area contributed by atoms with E-state index in [1.807, 2.05) is 31.2 Å². The minimum absolute atomic E-state index is 0.177. The standard InChI is InChI=1S/C23H30N2O4S/c1-17-11-13-25(14-12-17)30(27,28)20-10-9-18(2)21(15-20)23(26)24(3)16-19-7-5-6-8-22(19)29-4/h5-10,15,17H,11-14,16H2,1-4H3. The molecule has 0 saturated carbocycles. The normalized spacial score (nSPS) is 15.7. The molecule has 1 amide bonds. The number of sulfonamides is 1. The lowest BCUT2D eigenvalue weighted by Crippen LogP contribution is -2.38. The van der Waals surface area contributed by atoms with Gasteiger partial charge in [-0.05, 0) is 49.4 Å². The predicted octanol–water partition coefficient (Wildman–Crippen LogP) is 3.70. The smallest absolute Gasteiger partial charge is 0.254 e. The zero-order chi connectivity index (χ0) is 21.9. The number of rotatable bonds is 6. The van der Waals surface area contributed by atoms with E-state index >= 15 is 0 Å². The van der Waals surface area contributed by atoms with Crippen molar-refractivity contribution in [1.29, 1.82) is 0 Å². The molecule has 30 heavy (non-hydrogen) atoms. The van der Waals surface area contributed by atoms with Crippen molar-refractivity contribution in [2.24, 2.45) is 5.92 Å². The second kappa shape index (κ2) is 9.18. The van der Waals surface area contributed by atoms with Gasteiger partial charge in [-0.25, -0.2) is 8.42 Å². The number of amides is 1. The Balaban J connectivity index is 1.84. The third kappa shape index (κ3) is 4.68. The van der Waals surface area contributed by atoms with E-state index < -0.39 is 10.0 Å². The number of nitrogens with zero attached hydrogens (tertiary/aromatic N) is 2. The van der Waals surface area contributed by atoms with Gasteiger partial charge in [-0.15, -0.1) is 0 Å². The Morgan fingerprint density at radius 2 is 1.83 bits per heavy atom. The Morgan fingerprint density at radius 3 is 2.50 bits per heavy atom. The lowest BCUT2D eigenvalue weighted by atomic mass is 10.0. The lowest BCUT2D eigenvalue weighted by molar-refractivity contribution is 0.0783. The average Bonchev–Trinajstić information content (AvgIpc) is 2.74. The van der Waals surface area contributed by atoms with Crippen molar-refractivity contribution in [3.05, 3.63) is 59.2 Å². The first-order chi connectivity index (χ1) is 14.2. The van der Waals surface area contributed by atoms with Crippen LogP contribution in [-0.2, 0) is 16.6 Å². The Kier molecular flexibility index (Phi) is 6.83. The number of carbonyl (C=O) groups is 1. The molecule has 0 aromatic heterocycles. The minimum Gasteiger partial charge on any atom is -0.496 e. The van der Waals surface area contributed by atoms with Gasteiger partial charge in [0.1, 0.15) is 5.75 Å². The molecule has 0 unspecified atom stereocenters. The summed E-state index contributed by atoms with van der Waals surface area (Å²) in [5.41, 5.74) is 2.04. The highest BCUT2D eigenvalue weighted by Crippen LogP contribution is 2.26. The van der Waals surface area contributed by atoms with Crippen LogP contribution in [0, 0.1) is 12.8 Å². The van der Waals surface area contributed by atoms with Gasteiger partial charge in [0.2, 0.25) is 10.0 Å². The van der Waals surface area contributed by atoms with E-state index in [-0.39, 0.29) is 10.8 Å². The molecule has 1 saturated heterocycles. The van der Waals surface area contributed by atoms with Crippen LogP contribution in [0.25, 0.3) is 0 Å². The van der Waals surface area contributed by atoms with Crippen molar-refractivity contribution < 1.29 is 17.9 Å². The molecule has 2 aromatic rings. The molecule has 0 bridgehead atoms. The molecule has 3 rings (SSSR count). The Morgan fingerprint density at radius 1 is 1.17 bits per heavy atom. The van der Waals surface area contributed by atoms with Crippen molar-refractivity contribution >= 4 is 15.9 Å². The van der Waals surface area contributed by atoms with Crippen LogP contribution in [0.4, 0.5) is 0 Å². The summed E-state index contributed by atoms with van der Waals surface area (Å²) >= 11 is 0. The van der Waals surface area contributed by atoms with E-state index in [1.54, 1.807) is 31.2 Å². The number of carbonyl (C=O) groups excluding carboxylic acids is 1. The van der Waals surface area contributed by atoms with Gasteiger partial charge in [0.05, 0.1) is 12.0 Å². The summed E-state index contributed by atoms with van der Waals surface area (Å²) in [7, 11) is -0.303. The molecule has 1 aliphatic heterocycles. The quantitative estimate of drug-likeness (QED) is 0.701. The van der Waals surface area contributed by atoms with Crippen LogP contribution in [0.15, 0.2) is 47.4 Å². The molecular formula is C23H30N2O4S. The van der Waals surface area contributed by atoms with Crippen LogP contribution in [-0.4, -0.2) is 50.8 Å². The zero-order valence-corrected chi connectivity index (χ0v) is 18.9. The summed E-state index contributed by atoms with van der Waals surface area (Å²) in [6.07, 6.45) is 1.72. The van der Waals surface area contributed by atoms with Gasteiger partial charge in [0, 0.05) is 37.8 Å². The van der Waals surface area contributed by atoms with Crippen LogP contribution >= 0.6 is 0 Å². The molecule has 7 heteroatoms. The van der Waals surface area contributed by atoms with Gasteiger partial charge < -0.3 is 9.64 Å².